The van der Waals surface area contributed by atoms with Crippen molar-refractivity contribution in [3.63, 3.8) is 0 Å². The highest BCUT2D eigenvalue weighted by molar-refractivity contribution is 5.82. The van der Waals surface area contributed by atoms with Crippen molar-refractivity contribution in [2.45, 2.75) is 64.1 Å². The zero-order chi connectivity index (χ0) is 23.5. The van der Waals surface area contributed by atoms with Gasteiger partial charge in [0.25, 0.3) is 5.56 Å². The average Bonchev–Trinajstić information content (AvgIpc) is 3.33. The van der Waals surface area contributed by atoms with Gasteiger partial charge in [0.1, 0.15) is 0 Å². The van der Waals surface area contributed by atoms with E-state index in [-0.39, 0.29) is 42.0 Å². The molecule has 0 saturated carbocycles. The first kappa shape index (κ1) is 24.2. The Morgan fingerprint density at radius 1 is 1.27 bits per heavy atom. The number of pyridine rings is 1. The normalized spacial score (nSPS) is 26.9. The molecule has 0 spiro atoms. The van der Waals surface area contributed by atoms with Gasteiger partial charge in [0.15, 0.2) is 0 Å². The van der Waals surface area contributed by atoms with Crippen molar-refractivity contribution in [3.8, 4) is 0 Å². The van der Waals surface area contributed by atoms with Gasteiger partial charge in [-0.05, 0) is 83.4 Å². The number of allylic oxidation sites excluding steroid dienone is 2. The average molecular weight is 457 g/mol. The Hall–Kier alpha value is -1.96. The van der Waals surface area contributed by atoms with Crippen molar-refractivity contribution < 1.29 is 9.90 Å². The van der Waals surface area contributed by atoms with Gasteiger partial charge in [0.2, 0.25) is 5.91 Å². The van der Waals surface area contributed by atoms with E-state index < -0.39 is 0 Å². The van der Waals surface area contributed by atoms with Gasteiger partial charge in [-0.2, -0.15) is 0 Å². The lowest BCUT2D eigenvalue weighted by atomic mass is 9.88. The summed E-state index contributed by atoms with van der Waals surface area (Å²) in [4.78, 5) is 31.1. The van der Waals surface area contributed by atoms with Crippen molar-refractivity contribution in [3.05, 3.63) is 39.8 Å². The fraction of sp³-hybridized carbons (Fsp3) is 0.692. The van der Waals surface area contributed by atoms with Crippen molar-refractivity contribution in [1.82, 2.24) is 19.7 Å². The number of aromatic nitrogens is 1. The molecular formula is C26H40N4O3. The van der Waals surface area contributed by atoms with Crippen LogP contribution in [0, 0.1) is 11.8 Å². The summed E-state index contributed by atoms with van der Waals surface area (Å²) in [5, 5.41) is 13.5. The third-order valence-corrected chi connectivity index (χ3v) is 7.66. The first-order valence-electron chi connectivity index (χ1n) is 12.7. The molecule has 1 amide bonds. The highest BCUT2D eigenvalue weighted by Gasteiger charge is 2.55. The zero-order valence-electron chi connectivity index (χ0n) is 20.4. The zero-order valence-corrected chi connectivity index (χ0v) is 20.4. The molecule has 0 unspecified atom stereocenters. The maximum atomic E-state index is 13.5. The van der Waals surface area contributed by atoms with Gasteiger partial charge in [0, 0.05) is 42.8 Å². The molecule has 3 aliphatic rings. The van der Waals surface area contributed by atoms with Crippen LogP contribution in [0.5, 0.6) is 0 Å². The Bertz CT molecular complexity index is 938. The van der Waals surface area contributed by atoms with E-state index in [4.69, 9.17) is 0 Å². The minimum atomic E-state index is -0.353. The van der Waals surface area contributed by atoms with Crippen LogP contribution < -0.4 is 10.9 Å². The number of carbonyl (C=O) groups is 1. The van der Waals surface area contributed by atoms with E-state index in [9.17, 15) is 14.7 Å². The summed E-state index contributed by atoms with van der Waals surface area (Å²) in [6.45, 7) is 4.99. The Kier molecular flexibility index (Phi) is 7.72. The second kappa shape index (κ2) is 10.5. The topological polar surface area (TPSA) is 77.8 Å². The first-order chi connectivity index (χ1) is 16.0. The lowest BCUT2D eigenvalue weighted by Gasteiger charge is -2.30. The Morgan fingerprint density at radius 3 is 2.76 bits per heavy atom. The monoisotopic (exact) mass is 456 g/mol. The summed E-state index contributed by atoms with van der Waals surface area (Å²) in [6, 6.07) is 3.75. The van der Waals surface area contributed by atoms with E-state index in [0.29, 0.717) is 13.1 Å². The SMILES string of the molecule is CCCN1[C@H](C(=O)NCCCN(C)C)[C@@H](CO)[C@@H]2Cn3c(ccc(C4=CCCCC4)c3=O)[C@@H]21. The minimum absolute atomic E-state index is 0.00158. The molecule has 0 radical (unpaired) electrons. The number of hydrogen-bond acceptors (Lipinski definition) is 5. The van der Waals surface area contributed by atoms with Gasteiger partial charge in [-0.1, -0.05) is 13.0 Å². The molecule has 4 atom stereocenters. The largest absolute Gasteiger partial charge is 0.396 e. The van der Waals surface area contributed by atoms with Crippen LogP contribution in [0.3, 0.4) is 0 Å². The van der Waals surface area contributed by atoms with Crippen LogP contribution in [-0.2, 0) is 11.3 Å². The minimum Gasteiger partial charge on any atom is -0.396 e. The van der Waals surface area contributed by atoms with Gasteiger partial charge >= 0.3 is 0 Å². The molecule has 182 valence electrons. The fourth-order valence-corrected chi connectivity index (χ4v) is 6.16. The number of aliphatic hydroxyl groups excluding tert-OH is 1. The lowest BCUT2D eigenvalue weighted by Crippen LogP contribution is -2.49. The van der Waals surface area contributed by atoms with Gasteiger partial charge in [-0.15, -0.1) is 0 Å². The Labute approximate surface area is 197 Å². The molecule has 1 saturated heterocycles. The van der Waals surface area contributed by atoms with E-state index in [2.05, 4.69) is 34.2 Å². The van der Waals surface area contributed by atoms with Crippen LogP contribution in [0.15, 0.2) is 23.0 Å². The number of likely N-dealkylation sites (tertiary alicyclic amines) is 1. The van der Waals surface area contributed by atoms with Crippen LogP contribution in [-0.4, -0.2) is 71.8 Å². The van der Waals surface area contributed by atoms with Gasteiger partial charge in [-0.25, -0.2) is 0 Å². The quantitative estimate of drug-likeness (QED) is 0.558. The van der Waals surface area contributed by atoms with Crippen molar-refractivity contribution >= 4 is 11.5 Å². The van der Waals surface area contributed by atoms with E-state index >= 15 is 0 Å². The summed E-state index contributed by atoms with van der Waals surface area (Å²) < 4.78 is 1.93. The summed E-state index contributed by atoms with van der Waals surface area (Å²) >= 11 is 0. The molecule has 4 rings (SSSR count). The number of carbonyl (C=O) groups excluding carboxylic acids is 1. The van der Waals surface area contributed by atoms with E-state index in [1.807, 2.05) is 24.7 Å². The highest BCUT2D eigenvalue weighted by Crippen LogP contribution is 2.49. The molecule has 1 aliphatic carbocycles. The number of rotatable bonds is 9. The second-order valence-electron chi connectivity index (χ2n) is 10.1. The van der Waals surface area contributed by atoms with Crippen LogP contribution in [0.1, 0.15) is 62.7 Å². The molecule has 7 heteroatoms. The Balaban J connectivity index is 1.60. The number of hydrogen-bond donors (Lipinski definition) is 2. The molecule has 0 bridgehead atoms. The maximum absolute atomic E-state index is 13.5. The number of nitrogens with one attached hydrogen (secondary N) is 1. The summed E-state index contributed by atoms with van der Waals surface area (Å²) in [5.41, 5.74) is 3.10. The number of fused-ring (bicyclic) bond motifs is 3. The fourth-order valence-electron chi connectivity index (χ4n) is 6.16. The Morgan fingerprint density at radius 2 is 2.09 bits per heavy atom. The van der Waals surface area contributed by atoms with Gasteiger partial charge in [0.05, 0.1) is 12.1 Å². The molecule has 2 N–H and O–H groups in total. The smallest absolute Gasteiger partial charge is 0.258 e. The van der Waals surface area contributed by atoms with Crippen molar-refractivity contribution in [2.75, 3.05) is 40.3 Å². The van der Waals surface area contributed by atoms with Crippen LogP contribution in [0.2, 0.25) is 0 Å². The molecule has 0 aromatic carbocycles. The van der Waals surface area contributed by atoms with Crippen LogP contribution >= 0.6 is 0 Å². The predicted octanol–water partition coefficient (Wildman–Crippen LogP) is 2.25. The highest BCUT2D eigenvalue weighted by atomic mass is 16.3. The third-order valence-electron chi connectivity index (χ3n) is 7.66. The third kappa shape index (κ3) is 4.68. The molecule has 3 heterocycles. The first-order valence-corrected chi connectivity index (χ1v) is 12.7. The van der Waals surface area contributed by atoms with Gasteiger partial charge < -0.3 is 19.9 Å². The van der Waals surface area contributed by atoms with E-state index in [0.717, 1.165) is 56.5 Å². The van der Waals surface area contributed by atoms with Crippen LogP contribution in [0.25, 0.3) is 5.57 Å². The predicted molar refractivity (Wildman–Crippen MR) is 131 cm³/mol. The summed E-state index contributed by atoms with van der Waals surface area (Å²) in [7, 11) is 4.06. The number of amides is 1. The molecule has 7 nitrogen and oxygen atoms in total. The number of aliphatic hydroxyl groups is 1. The lowest BCUT2D eigenvalue weighted by molar-refractivity contribution is -0.127. The molecular weight excluding hydrogens is 416 g/mol. The molecule has 33 heavy (non-hydrogen) atoms. The van der Waals surface area contributed by atoms with E-state index in [1.54, 1.807) is 0 Å². The molecule has 1 aromatic rings. The second-order valence-corrected chi connectivity index (χ2v) is 10.1. The van der Waals surface area contributed by atoms with Gasteiger partial charge in [-0.3, -0.25) is 14.5 Å². The molecule has 1 fully saturated rings. The number of nitrogens with zero attached hydrogens (tertiary/aromatic N) is 3. The molecule has 1 aromatic heterocycles. The van der Waals surface area contributed by atoms with Crippen LogP contribution in [0.4, 0.5) is 0 Å². The van der Waals surface area contributed by atoms with E-state index in [1.165, 1.54) is 12.0 Å². The van der Waals surface area contributed by atoms with Crippen molar-refractivity contribution in [2.24, 2.45) is 11.8 Å². The van der Waals surface area contributed by atoms with Crippen molar-refractivity contribution in [1.29, 1.82) is 0 Å². The summed E-state index contributed by atoms with van der Waals surface area (Å²) in [6.07, 6.45) is 8.39. The maximum Gasteiger partial charge on any atom is 0.258 e. The summed E-state index contributed by atoms with van der Waals surface area (Å²) in [5.74, 6) is -0.0945. The standard InChI is InChI=1S/C26H40N4O3/c1-4-14-29-23-20(21(17-31)24(29)25(32)27-13-8-15-28(2)3)16-30-22(23)12-11-19(26(30)33)18-9-6-5-7-10-18/h9,11-12,20-21,23-24,31H,4-8,10,13-17H2,1-3H3,(H,27,32)/t20-,21-,23+,24-/m0/s1. The molecule has 2 aliphatic heterocycles.